The molecule has 0 spiro atoms. The topological polar surface area (TPSA) is 63.3 Å². The van der Waals surface area contributed by atoms with Crippen LogP contribution in [0.1, 0.15) is 16.8 Å². The van der Waals surface area contributed by atoms with Gasteiger partial charge in [-0.15, -0.1) is 0 Å². The first-order valence-electron chi connectivity index (χ1n) is 6.61. The van der Waals surface area contributed by atoms with Crippen molar-refractivity contribution < 1.29 is 9.52 Å². The van der Waals surface area contributed by atoms with Crippen LogP contribution in [0, 0.1) is 6.92 Å². The maximum Gasteiger partial charge on any atom is 0.362 e. The van der Waals surface area contributed by atoms with Crippen molar-refractivity contribution in [2.45, 2.75) is 6.92 Å². The molecule has 1 aromatic heterocycles. The van der Waals surface area contributed by atoms with Gasteiger partial charge in [-0.3, -0.25) is 0 Å². The maximum absolute atomic E-state index is 12.0. The lowest BCUT2D eigenvalue weighted by Crippen LogP contribution is -2.06. The molecule has 0 aliphatic carbocycles. The normalized spacial score (nSPS) is 11.8. The average molecular weight is 314 g/mol. The number of aromatic nitrogens is 1. The summed E-state index contributed by atoms with van der Waals surface area (Å²) in [6.45, 7) is 1.90. The van der Waals surface area contributed by atoms with Gasteiger partial charge in [0.05, 0.1) is 0 Å². The fourth-order valence-corrected chi connectivity index (χ4v) is 2.17. The van der Waals surface area contributed by atoms with Crippen LogP contribution in [0.5, 0.6) is 0 Å². The van der Waals surface area contributed by atoms with Gasteiger partial charge in [0.1, 0.15) is 11.3 Å². The monoisotopic (exact) mass is 313 g/mol. The highest BCUT2D eigenvalue weighted by Gasteiger charge is 2.07. The number of aliphatic hydroxyl groups excluding tert-OH is 1. The highest BCUT2D eigenvalue weighted by atomic mass is 35.5. The first-order valence-corrected chi connectivity index (χ1v) is 6.99. The van der Waals surface area contributed by atoms with Gasteiger partial charge in [0.25, 0.3) is 0 Å². The number of benzene rings is 2. The quantitative estimate of drug-likeness (QED) is 0.720. The number of nitrogens with zero attached hydrogens (tertiary/aromatic N) is 1. The van der Waals surface area contributed by atoms with Gasteiger partial charge in [-0.2, -0.15) is 0 Å². The zero-order valence-electron chi connectivity index (χ0n) is 11.7. The van der Waals surface area contributed by atoms with Crippen molar-refractivity contribution in [3.63, 3.8) is 0 Å². The molecule has 0 unspecified atom stereocenters. The van der Waals surface area contributed by atoms with Crippen LogP contribution in [-0.2, 0) is 0 Å². The van der Waals surface area contributed by atoms with E-state index in [4.69, 9.17) is 16.0 Å². The summed E-state index contributed by atoms with van der Waals surface area (Å²) in [6.07, 6.45) is 1.29. The Morgan fingerprint density at radius 1 is 1.23 bits per heavy atom. The molecule has 1 heterocycles. The summed E-state index contributed by atoms with van der Waals surface area (Å²) in [6, 6.07) is 12.0. The highest BCUT2D eigenvalue weighted by molar-refractivity contribution is 6.30. The average Bonchev–Trinajstić information content (AvgIpc) is 2.49. The SMILES string of the molecule is Cc1ccc2nc(C=C(O)c3ccc(Cl)cc3)c(=O)oc2c1. The molecule has 4 nitrogen and oxygen atoms in total. The summed E-state index contributed by atoms with van der Waals surface area (Å²) in [5, 5.41) is 10.7. The lowest BCUT2D eigenvalue weighted by molar-refractivity contribution is 0.514. The van der Waals surface area contributed by atoms with Crippen LogP contribution < -0.4 is 5.63 Å². The standard InChI is InChI=1S/C17H12ClNO3/c1-10-2-7-13-16(8-10)22-17(21)14(19-13)9-15(20)11-3-5-12(18)6-4-11/h2-9,20H,1H3. The van der Waals surface area contributed by atoms with Crippen molar-refractivity contribution in [1.82, 2.24) is 4.98 Å². The zero-order chi connectivity index (χ0) is 15.7. The number of halogens is 1. The van der Waals surface area contributed by atoms with Gasteiger partial charge in [0.15, 0.2) is 11.3 Å². The minimum absolute atomic E-state index is 0.0452. The minimum Gasteiger partial charge on any atom is -0.507 e. The summed E-state index contributed by atoms with van der Waals surface area (Å²) in [4.78, 5) is 16.2. The summed E-state index contributed by atoms with van der Waals surface area (Å²) >= 11 is 5.80. The highest BCUT2D eigenvalue weighted by Crippen LogP contribution is 2.18. The fourth-order valence-electron chi connectivity index (χ4n) is 2.05. The second kappa shape index (κ2) is 5.66. The molecule has 1 N–H and O–H groups in total. The fraction of sp³-hybridized carbons (Fsp3) is 0.0588. The molecule has 0 aliphatic heterocycles. The predicted molar refractivity (Wildman–Crippen MR) is 87.0 cm³/mol. The third-order valence-electron chi connectivity index (χ3n) is 3.18. The number of aliphatic hydroxyl groups is 1. The number of aryl methyl sites for hydroxylation is 1. The predicted octanol–water partition coefficient (Wildman–Crippen LogP) is 4.21. The van der Waals surface area contributed by atoms with E-state index in [2.05, 4.69) is 4.98 Å². The first-order chi connectivity index (χ1) is 10.5. The zero-order valence-corrected chi connectivity index (χ0v) is 12.5. The number of fused-ring (bicyclic) bond motifs is 1. The van der Waals surface area contributed by atoms with E-state index in [1.807, 2.05) is 13.0 Å². The Bertz CT molecular complexity index is 927. The number of rotatable bonds is 2. The molecule has 0 saturated heterocycles. The van der Waals surface area contributed by atoms with Crippen LogP contribution >= 0.6 is 11.6 Å². The van der Waals surface area contributed by atoms with E-state index in [-0.39, 0.29) is 11.5 Å². The van der Waals surface area contributed by atoms with Crippen molar-refractivity contribution in [1.29, 1.82) is 0 Å². The molecule has 22 heavy (non-hydrogen) atoms. The Balaban J connectivity index is 2.07. The lowest BCUT2D eigenvalue weighted by Gasteiger charge is -2.02. The van der Waals surface area contributed by atoms with Crippen LogP contribution in [0.2, 0.25) is 5.02 Å². The smallest absolute Gasteiger partial charge is 0.362 e. The Kier molecular flexibility index (Phi) is 3.69. The largest absolute Gasteiger partial charge is 0.507 e. The van der Waals surface area contributed by atoms with Crippen molar-refractivity contribution in [3.05, 3.63) is 74.7 Å². The molecule has 0 amide bonds. The molecule has 2 aromatic carbocycles. The molecule has 0 atom stereocenters. The van der Waals surface area contributed by atoms with Gasteiger partial charge in [-0.1, -0.05) is 17.7 Å². The van der Waals surface area contributed by atoms with Gasteiger partial charge in [-0.25, -0.2) is 9.78 Å². The molecule has 3 aromatic rings. The third kappa shape index (κ3) is 2.87. The van der Waals surface area contributed by atoms with Crippen molar-refractivity contribution >= 4 is 34.5 Å². The molecular weight excluding hydrogens is 302 g/mol. The molecule has 0 fully saturated rings. The van der Waals surface area contributed by atoms with Crippen molar-refractivity contribution in [3.8, 4) is 0 Å². The number of hydrogen-bond acceptors (Lipinski definition) is 4. The molecule has 110 valence electrons. The summed E-state index contributed by atoms with van der Waals surface area (Å²) in [5.74, 6) is -0.0806. The van der Waals surface area contributed by atoms with Crippen LogP contribution in [-0.4, -0.2) is 10.1 Å². The minimum atomic E-state index is -0.599. The molecular formula is C17H12ClNO3. The second-order valence-electron chi connectivity index (χ2n) is 4.89. The van der Waals surface area contributed by atoms with E-state index in [0.717, 1.165) is 5.56 Å². The Hall–Kier alpha value is -2.59. The van der Waals surface area contributed by atoms with Crippen LogP contribution in [0.4, 0.5) is 0 Å². The molecule has 0 radical (unpaired) electrons. The van der Waals surface area contributed by atoms with Crippen molar-refractivity contribution in [2.24, 2.45) is 0 Å². The van der Waals surface area contributed by atoms with Crippen LogP contribution in [0.15, 0.2) is 51.7 Å². The molecule has 0 saturated carbocycles. The van der Waals surface area contributed by atoms with Gasteiger partial charge in [0.2, 0.25) is 0 Å². The first kappa shape index (κ1) is 14.4. The van der Waals surface area contributed by atoms with E-state index in [0.29, 0.717) is 21.7 Å². The summed E-state index contributed by atoms with van der Waals surface area (Å²) in [7, 11) is 0. The molecule has 5 heteroatoms. The van der Waals surface area contributed by atoms with Gasteiger partial charge >= 0.3 is 5.63 Å². The Morgan fingerprint density at radius 3 is 2.68 bits per heavy atom. The Labute approximate surface area is 131 Å². The van der Waals surface area contributed by atoms with E-state index in [1.54, 1.807) is 36.4 Å². The van der Waals surface area contributed by atoms with E-state index in [1.165, 1.54) is 6.08 Å². The Morgan fingerprint density at radius 2 is 1.95 bits per heavy atom. The van der Waals surface area contributed by atoms with E-state index < -0.39 is 5.63 Å². The van der Waals surface area contributed by atoms with Crippen molar-refractivity contribution in [2.75, 3.05) is 0 Å². The summed E-state index contributed by atoms with van der Waals surface area (Å²) in [5.41, 5.74) is 1.94. The number of hydrogen-bond donors (Lipinski definition) is 1. The van der Waals surface area contributed by atoms with E-state index >= 15 is 0 Å². The van der Waals surface area contributed by atoms with Crippen LogP contribution in [0.25, 0.3) is 22.9 Å². The van der Waals surface area contributed by atoms with Gasteiger partial charge in [0, 0.05) is 16.7 Å². The maximum atomic E-state index is 12.0. The third-order valence-corrected chi connectivity index (χ3v) is 3.43. The lowest BCUT2D eigenvalue weighted by atomic mass is 10.1. The molecule has 0 bridgehead atoms. The molecule has 0 aliphatic rings. The van der Waals surface area contributed by atoms with Crippen LogP contribution in [0.3, 0.4) is 0 Å². The van der Waals surface area contributed by atoms with E-state index in [9.17, 15) is 9.90 Å². The van der Waals surface area contributed by atoms with Gasteiger partial charge < -0.3 is 9.52 Å². The van der Waals surface area contributed by atoms with Gasteiger partial charge in [-0.05, 0) is 48.9 Å². The molecule has 3 rings (SSSR count). The second-order valence-corrected chi connectivity index (χ2v) is 5.33. The summed E-state index contributed by atoms with van der Waals surface area (Å²) < 4.78 is 5.23.